The number of ether oxygens (including phenoxy) is 2. The van der Waals surface area contributed by atoms with Gasteiger partial charge in [0.1, 0.15) is 12.4 Å². The molecule has 0 radical (unpaired) electrons. The van der Waals surface area contributed by atoms with Crippen molar-refractivity contribution in [1.29, 1.82) is 0 Å². The van der Waals surface area contributed by atoms with Crippen molar-refractivity contribution in [3.63, 3.8) is 0 Å². The molecule has 1 aliphatic rings. The van der Waals surface area contributed by atoms with E-state index < -0.39 is 24.4 Å². The van der Waals surface area contributed by atoms with Gasteiger partial charge in [-0.3, -0.25) is 9.59 Å². The number of halogens is 2. The lowest BCUT2D eigenvalue weighted by Crippen LogP contribution is -2.32. The van der Waals surface area contributed by atoms with Crippen LogP contribution in [0.25, 0.3) is 0 Å². The van der Waals surface area contributed by atoms with Crippen LogP contribution in [0.4, 0.5) is 5.82 Å². The van der Waals surface area contributed by atoms with Crippen LogP contribution in [0.2, 0.25) is 10.0 Å². The van der Waals surface area contributed by atoms with Gasteiger partial charge in [-0.15, -0.1) is 0 Å². The molecule has 1 aliphatic heterocycles. The molecule has 1 N–H and O–H groups in total. The number of hydrogen-bond acceptors (Lipinski definition) is 5. The zero-order chi connectivity index (χ0) is 17.8. The number of nitrogens with one attached hydrogen (secondary N) is 1. The number of fused-ring (bicyclic) bond motifs is 1. The summed E-state index contributed by atoms with van der Waals surface area (Å²) in [4.78, 5) is 27.9. The summed E-state index contributed by atoms with van der Waals surface area (Å²) >= 11 is 11.7. The van der Waals surface area contributed by atoms with Crippen LogP contribution < -0.4 is 10.1 Å². The van der Waals surface area contributed by atoms with E-state index in [2.05, 4.69) is 10.3 Å². The molecule has 0 aliphatic carbocycles. The number of hydrogen-bond donors (Lipinski definition) is 1. The Labute approximate surface area is 154 Å². The highest BCUT2D eigenvalue weighted by molar-refractivity contribution is 6.36. The Bertz CT molecular complexity index is 813. The first kappa shape index (κ1) is 17.5. The van der Waals surface area contributed by atoms with E-state index in [0.29, 0.717) is 11.4 Å². The van der Waals surface area contributed by atoms with Gasteiger partial charge in [0.25, 0.3) is 5.91 Å². The molecular weight excluding hydrogens is 367 g/mol. The van der Waals surface area contributed by atoms with E-state index in [1.807, 2.05) is 24.3 Å². The molecule has 130 valence electrons. The Kier molecular flexibility index (Phi) is 5.40. The summed E-state index contributed by atoms with van der Waals surface area (Å²) in [6.45, 7) is -0.209. The van der Waals surface area contributed by atoms with Crippen molar-refractivity contribution < 1.29 is 19.1 Å². The monoisotopic (exact) mass is 380 g/mol. The first-order valence-electron chi connectivity index (χ1n) is 7.51. The van der Waals surface area contributed by atoms with Crippen molar-refractivity contribution in [2.45, 2.75) is 6.42 Å². The predicted octanol–water partition coefficient (Wildman–Crippen LogP) is 3.12. The van der Waals surface area contributed by atoms with E-state index >= 15 is 0 Å². The van der Waals surface area contributed by atoms with Crippen molar-refractivity contribution in [2.75, 3.05) is 18.5 Å². The van der Waals surface area contributed by atoms with Crippen molar-refractivity contribution in [1.82, 2.24) is 4.98 Å². The molecule has 0 saturated heterocycles. The van der Waals surface area contributed by atoms with Gasteiger partial charge in [-0.05, 0) is 24.1 Å². The maximum absolute atomic E-state index is 12.1. The molecule has 0 spiro atoms. The van der Waals surface area contributed by atoms with Gasteiger partial charge in [0, 0.05) is 6.20 Å². The molecule has 0 bridgehead atoms. The van der Waals surface area contributed by atoms with Gasteiger partial charge in [-0.2, -0.15) is 0 Å². The van der Waals surface area contributed by atoms with E-state index in [4.69, 9.17) is 32.7 Å². The molecule has 1 atom stereocenters. The third-order valence-corrected chi connectivity index (χ3v) is 4.12. The Morgan fingerprint density at radius 1 is 1.32 bits per heavy atom. The number of esters is 1. The second-order valence-electron chi connectivity index (χ2n) is 5.46. The van der Waals surface area contributed by atoms with Crippen molar-refractivity contribution >= 4 is 40.9 Å². The molecule has 8 heteroatoms. The van der Waals surface area contributed by atoms with Gasteiger partial charge in [0.2, 0.25) is 0 Å². The molecule has 2 aromatic rings. The predicted molar refractivity (Wildman–Crippen MR) is 93.0 cm³/mol. The summed E-state index contributed by atoms with van der Waals surface area (Å²) in [5.74, 6) is -0.545. The summed E-state index contributed by atoms with van der Waals surface area (Å²) in [6, 6.07) is 8.96. The highest BCUT2D eigenvalue weighted by Gasteiger charge is 2.27. The lowest BCUT2D eigenvalue weighted by atomic mass is 9.97. The first-order chi connectivity index (χ1) is 12.0. The van der Waals surface area contributed by atoms with E-state index in [1.165, 1.54) is 12.3 Å². The lowest BCUT2D eigenvalue weighted by Gasteiger charge is -2.23. The van der Waals surface area contributed by atoms with E-state index in [-0.39, 0.29) is 17.4 Å². The summed E-state index contributed by atoms with van der Waals surface area (Å²) in [7, 11) is 0. The second-order valence-corrected chi connectivity index (χ2v) is 6.30. The molecule has 1 amide bonds. The van der Waals surface area contributed by atoms with Crippen LogP contribution in [0.15, 0.2) is 36.5 Å². The Balaban J connectivity index is 1.51. The fourth-order valence-corrected chi connectivity index (χ4v) is 2.84. The number of amides is 1. The highest BCUT2D eigenvalue weighted by atomic mass is 35.5. The van der Waals surface area contributed by atoms with Crippen LogP contribution in [0.3, 0.4) is 0 Å². The maximum Gasteiger partial charge on any atom is 0.313 e. The molecule has 1 aromatic carbocycles. The average Bonchev–Trinajstić information content (AvgIpc) is 2.61. The first-order valence-corrected chi connectivity index (χ1v) is 8.27. The molecule has 1 aromatic heterocycles. The van der Waals surface area contributed by atoms with Crippen molar-refractivity contribution in [2.24, 2.45) is 5.92 Å². The van der Waals surface area contributed by atoms with Crippen LogP contribution in [0, 0.1) is 5.92 Å². The smallest absolute Gasteiger partial charge is 0.313 e. The average molecular weight is 381 g/mol. The Morgan fingerprint density at radius 3 is 2.92 bits per heavy atom. The molecule has 3 rings (SSSR count). The van der Waals surface area contributed by atoms with Crippen molar-refractivity contribution in [3.8, 4) is 5.75 Å². The Morgan fingerprint density at radius 2 is 2.12 bits per heavy atom. The van der Waals surface area contributed by atoms with Crippen LogP contribution in [-0.2, 0) is 20.7 Å². The van der Waals surface area contributed by atoms with Gasteiger partial charge < -0.3 is 14.8 Å². The zero-order valence-corrected chi connectivity index (χ0v) is 14.5. The third kappa shape index (κ3) is 4.41. The van der Waals surface area contributed by atoms with Crippen molar-refractivity contribution in [3.05, 3.63) is 52.1 Å². The standard InChI is InChI=1S/C17H14Cl2N2O4/c18-12-6-13(19)16(20-7-12)21-15(22)9-25-17(23)11-5-10-3-1-2-4-14(10)24-8-11/h1-4,6-7,11H,5,8-9H2,(H,20,21,22)/t11-/m1/s1. The normalized spacial score (nSPS) is 15.7. The number of rotatable bonds is 4. The Hall–Kier alpha value is -2.31. The summed E-state index contributed by atoms with van der Waals surface area (Å²) in [5.41, 5.74) is 0.942. The van der Waals surface area contributed by atoms with Crippen LogP contribution in [-0.4, -0.2) is 30.1 Å². The minimum atomic E-state index is -0.540. The molecule has 0 fully saturated rings. The van der Waals surface area contributed by atoms with E-state index in [9.17, 15) is 9.59 Å². The third-order valence-electron chi connectivity index (χ3n) is 3.62. The van der Waals surface area contributed by atoms with Crippen LogP contribution >= 0.6 is 23.2 Å². The highest BCUT2D eigenvalue weighted by Crippen LogP contribution is 2.27. The van der Waals surface area contributed by atoms with Gasteiger partial charge in [0.05, 0.1) is 16.0 Å². The molecule has 0 saturated carbocycles. The van der Waals surface area contributed by atoms with Crippen LogP contribution in [0.5, 0.6) is 5.75 Å². The quantitative estimate of drug-likeness (QED) is 0.824. The van der Waals surface area contributed by atoms with E-state index in [1.54, 1.807) is 0 Å². The molecular formula is C17H14Cl2N2O4. The summed E-state index contributed by atoms with van der Waals surface area (Å²) in [6.07, 6.45) is 1.87. The largest absolute Gasteiger partial charge is 0.492 e. The van der Waals surface area contributed by atoms with Crippen LogP contribution in [0.1, 0.15) is 5.56 Å². The van der Waals surface area contributed by atoms with Gasteiger partial charge >= 0.3 is 5.97 Å². The summed E-state index contributed by atoms with van der Waals surface area (Å²) in [5, 5.41) is 3.01. The number of pyridine rings is 1. The zero-order valence-electron chi connectivity index (χ0n) is 13.0. The number of carbonyl (C=O) groups is 2. The molecule has 25 heavy (non-hydrogen) atoms. The number of nitrogens with zero attached hydrogens (tertiary/aromatic N) is 1. The number of anilines is 1. The number of carbonyl (C=O) groups excluding carboxylic acids is 2. The fourth-order valence-electron chi connectivity index (χ4n) is 2.41. The number of aromatic nitrogens is 1. The minimum Gasteiger partial charge on any atom is -0.492 e. The van der Waals surface area contributed by atoms with Gasteiger partial charge in [-0.25, -0.2) is 4.98 Å². The van der Waals surface area contributed by atoms with Gasteiger partial charge in [0.15, 0.2) is 12.4 Å². The van der Waals surface area contributed by atoms with E-state index in [0.717, 1.165) is 11.3 Å². The van der Waals surface area contributed by atoms with Gasteiger partial charge in [-0.1, -0.05) is 41.4 Å². The minimum absolute atomic E-state index is 0.155. The maximum atomic E-state index is 12.1. The molecule has 2 heterocycles. The SMILES string of the molecule is O=C(COC(=O)[C@H]1COc2ccccc2C1)Nc1ncc(Cl)cc1Cl. The summed E-state index contributed by atoms with van der Waals surface area (Å²) < 4.78 is 10.6. The number of para-hydroxylation sites is 1. The molecule has 0 unspecified atom stereocenters. The lowest BCUT2D eigenvalue weighted by molar-refractivity contribution is -0.152. The second kappa shape index (κ2) is 7.72. The number of benzene rings is 1. The molecule has 6 nitrogen and oxygen atoms in total. The fraction of sp³-hybridized carbons (Fsp3) is 0.235. The topological polar surface area (TPSA) is 77.5 Å².